The van der Waals surface area contributed by atoms with Gasteiger partial charge in [0.1, 0.15) is 0 Å². The molecular weight excluding hydrogens is 278 g/mol. The van der Waals surface area contributed by atoms with Crippen LogP contribution in [0.15, 0.2) is 24.3 Å². The van der Waals surface area contributed by atoms with Crippen molar-refractivity contribution in [2.24, 2.45) is 5.73 Å². The Morgan fingerprint density at radius 2 is 2.10 bits per heavy atom. The third kappa shape index (κ3) is 6.43. The summed E-state index contributed by atoms with van der Waals surface area (Å²) in [6.45, 7) is 2.41. The molecule has 20 heavy (non-hydrogen) atoms. The number of hydrogen-bond acceptors (Lipinski definition) is 2. The zero-order valence-corrected chi connectivity index (χ0v) is 12.2. The fourth-order valence-electron chi connectivity index (χ4n) is 1.80. The van der Waals surface area contributed by atoms with Gasteiger partial charge in [-0.2, -0.15) is 0 Å². The van der Waals surface area contributed by atoms with E-state index in [9.17, 15) is 9.59 Å². The first-order chi connectivity index (χ1) is 9.49. The fraction of sp³-hybridized carbons (Fsp3) is 0.429. The minimum atomic E-state index is -0.538. The lowest BCUT2D eigenvalue weighted by molar-refractivity contribution is -0.121. The Morgan fingerprint density at radius 3 is 2.75 bits per heavy atom. The van der Waals surface area contributed by atoms with Crippen LogP contribution in [0.4, 0.5) is 4.79 Å². The number of nitrogens with two attached hydrogens (primary N) is 1. The third-order valence-corrected chi connectivity index (χ3v) is 3.09. The second-order valence-corrected chi connectivity index (χ2v) is 5.03. The molecule has 0 saturated carbocycles. The SMILES string of the molecule is CC(NC(=O)CCCCNC(N)=O)c1cccc(Cl)c1. The second kappa shape index (κ2) is 8.43. The highest BCUT2D eigenvalue weighted by Gasteiger charge is 2.09. The summed E-state index contributed by atoms with van der Waals surface area (Å²) in [5, 5.41) is 6.05. The van der Waals surface area contributed by atoms with Crippen molar-refractivity contribution >= 4 is 23.5 Å². The number of halogens is 1. The van der Waals surface area contributed by atoms with Gasteiger partial charge in [0.2, 0.25) is 5.91 Å². The summed E-state index contributed by atoms with van der Waals surface area (Å²) < 4.78 is 0. The van der Waals surface area contributed by atoms with Gasteiger partial charge in [0.05, 0.1) is 6.04 Å². The molecule has 0 aliphatic heterocycles. The van der Waals surface area contributed by atoms with Crippen LogP contribution in [0.1, 0.15) is 37.8 Å². The van der Waals surface area contributed by atoms with Crippen LogP contribution in [0.2, 0.25) is 5.02 Å². The average molecular weight is 298 g/mol. The first-order valence-electron chi connectivity index (χ1n) is 6.57. The van der Waals surface area contributed by atoms with Crippen LogP contribution in [0.25, 0.3) is 0 Å². The highest BCUT2D eigenvalue weighted by molar-refractivity contribution is 6.30. The highest BCUT2D eigenvalue weighted by atomic mass is 35.5. The number of unbranched alkanes of at least 4 members (excludes halogenated alkanes) is 1. The number of urea groups is 1. The summed E-state index contributed by atoms with van der Waals surface area (Å²) in [7, 11) is 0. The lowest BCUT2D eigenvalue weighted by atomic mass is 10.1. The molecule has 1 rings (SSSR count). The Bertz CT molecular complexity index is 465. The highest BCUT2D eigenvalue weighted by Crippen LogP contribution is 2.17. The van der Waals surface area contributed by atoms with Gasteiger partial charge in [0, 0.05) is 18.0 Å². The number of nitrogens with one attached hydrogen (secondary N) is 2. The molecule has 1 aromatic rings. The minimum absolute atomic E-state index is 0.0171. The monoisotopic (exact) mass is 297 g/mol. The minimum Gasteiger partial charge on any atom is -0.352 e. The summed E-state index contributed by atoms with van der Waals surface area (Å²) >= 11 is 5.91. The number of rotatable bonds is 7. The van der Waals surface area contributed by atoms with Crippen LogP contribution in [0.3, 0.4) is 0 Å². The van der Waals surface area contributed by atoms with Crippen LogP contribution in [0, 0.1) is 0 Å². The Labute approximate surface area is 123 Å². The Balaban J connectivity index is 2.26. The van der Waals surface area contributed by atoms with Crippen molar-refractivity contribution in [1.29, 1.82) is 0 Å². The van der Waals surface area contributed by atoms with Crippen molar-refractivity contribution in [2.45, 2.75) is 32.2 Å². The van der Waals surface area contributed by atoms with Gasteiger partial charge >= 0.3 is 6.03 Å². The van der Waals surface area contributed by atoms with Gasteiger partial charge < -0.3 is 16.4 Å². The molecule has 6 heteroatoms. The first kappa shape index (κ1) is 16.3. The number of primary amides is 1. The standard InChI is InChI=1S/C14H20ClN3O2/c1-10(11-5-4-6-12(15)9-11)18-13(19)7-2-3-8-17-14(16)20/h4-6,9-10H,2-3,7-8H2,1H3,(H,18,19)(H3,16,17,20). The maximum absolute atomic E-state index is 11.8. The molecule has 1 aromatic carbocycles. The molecule has 0 aromatic heterocycles. The lowest BCUT2D eigenvalue weighted by Gasteiger charge is -2.14. The maximum Gasteiger partial charge on any atom is 0.312 e. The number of amides is 3. The lowest BCUT2D eigenvalue weighted by Crippen LogP contribution is -2.30. The quantitative estimate of drug-likeness (QED) is 0.675. The number of hydrogen-bond donors (Lipinski definition) is 3. The van der Waals surface area contributed by atoms with E-state index in [0.717, 1.165) is 12.0 Å². The molecule has 0 heterocycles. The van der Waals surface area contributed by atoms with Crippen LogP contribution < -0.4 is 16.4 Å². The third-order valence-electron chi connectivity index (χ3n) is 2.86. The van der Waals surface area contributed by atoms with Gasteiger partial charge in [-0.25, -0.2) is 4.79 Å². The van der Waals surface area contributed by atoms with Crippen LogP contribution >= 0.6 is 11.6 Å². The van der Waals surface area contributed by atoms with E-state index in [1.807, 2.05) is 25.1 Å². The number of benzene rings is 1. The molecule has 3 amide bonds. The first-order valence-corrected chi connectivity index (χ1v) is 6.95. The normalized spacial score (nSPS) is 11.7. The van der Waals surface area contributed by atoms with Gasteiger partial charge in [-0.15, -0.1) is 0 Å². The van der Waals surface area contributed by atoms with E-state index in [1.54, 1.807) is 6.07 Å². The molecule has 1 atom stereocenters. The van der Waals surface area contributed by atoms with E-state index in [4.69, 9.17) is 17.3 Å². The van der Waals surface area contributed by atoms with Crippen molar-refractivity contribution in [3.8, 4) is 0 Å². The Hall–Kier alpha value is -1.75. The van der Waals surface area contributed by atoms with Crippen molar-refractivity contribution in [3.05, 3.63) is 34.9 Å². The summed E-state index contributed by atoms with van der Waals surface area (Å²) in [5.74, 6) is -0.0171. The molecule has 4 N–H and O–H groups in total. The molecule has 0 aliphatic carbocycles. The number of carbonyl (C=O) groups excluding carboxylic acids is 2. The fourth-order valence-corrected chi connectivity index (χ4v) is 1.99. The molecule has 0 spiro atoms. The van der Waals surface area contributed by atoms with Gasteiger partial charge in [0.25, 0.3) is 0 Å². The average Bonchev–Trinajstić information content (AvgIpc) is 2.37. The van der Waals surface area contributed by atoms with Crippen molar-refractivity contribution < 1.29 is 9.59 Å². The summed E-state index contributed by atoms with van der Waals surface area (Å²) in [4.78, 5) is 22.2. The molecule has 0 fully saturated rings. The summed E-state index contributed by atoms with van der Waals surface area (Å²) in [6, 6.07) is 6.80. The van der Waals surface area contributed by atoms with Gasteiger partial charge in [-0.1, -0.05) is 23.7 Å². The van der Waals surface area contributed by atoms with E-state index in [0.29, 0.717) is 24.4 Å². The molecule has 5 nitrogen and oxygen atoms in total. The van der Waals surface area contributed by atoms with E-state index in [2.05, 4.69) is 10.6 Å². The molecule has 0 aliphatic rings. The van der Waals surface area contributed by atoms with Gasteiger partial charge in [-0.3, -0.25) is 4.79 Å². The second-order valence-electron chi connectivity index (χ2n) is 4.59. The molecular formula is C14H20ClN3O2. The van der Waals surface area contributed by atoms with E-state index < -0.39 is 6.03 Å². The number of carbonyl (C=O) groups is 2. The Morgan fingerprint density at radius 1 is 1.35 bits per heavy atom. The van der Waals surface area contributed by atoms with Crippen LogP contribution in [-0.4, -0.2) is 18.5 Å². The Kier molecular flexibility index (Phi) is 6.87. The molecule has 0 saturated heterocycles. The van der Waals surface area contributed by atoms with Crippen molar-refractivity contribution in [2.75, 3.05) is 6.54 Å². The smallest absolute Gasteiger partial charge is 0.312 e. The van der Waals surface area contributed by atoms with Gasteiger partial charge in [0.15, 0.2) is 0 Å². The maximum atomic E-state index is 11.8. The molecule has 110 valence electrons. The van der Waals surface area contributed by atoms with Crippen LogP contribution in [-0.2, 0) is 4.79 Å². The van der Waals surface area contributed by atoms with E-state index >= 15 is 0 Å². The van der Waals surface area contributed by atoms with Crippen molar-refractivity contribution in [3.63, 3.8) is 0 Å². The zero-order chi connectivity index (χ0) is 15.0. The summed E-state index contributed by atoms with van der Waals surface area (Å²) in [5.41, 5.74) is 5.91. The van der Waals surface area contributed by atoms with E-state index in [-0.39, 0.29) is 11.9 Å². The zero-order valence-electron chi connectivity index (χ0n) is 11.5. The van der Waals surface area contributed by atoms with Crippen molar-refractivity contribution in [1.82, 2.24) is 10.6 Å². The molecule has 0 bridgehead atoms. The largest absolute Gasteiger partial charge is 0.352 e. The summed E-state index contributed by atoms with van der Waals surface area (Å²) in [6.07, 6.45) is 1.85. The van der Waals surface area contributed by atoms with E-state index in [1.165, 1.54) is 0 Å². The van der Waals surface area contributed by atoms with Gasteiger partial charge in [-0.05, 0) is 37.5 Å². The topological polar surface area (TPSA) is 84.2 Å². The molecule has 0 radical (unpaired) electrons. The predicted octanol–water partition coefficient (Wildman–Crippen LogP) is 2.36. The predicted molar refractivity (Wildman–Crippen MR) is 79.4 cm³/mol. The van der Waals surface area contributed by atoms with Crippen LogP contribution in [0.5, 0.6) is 0 Å². The molecule has 1 unspecified atom stereocenters.